The van der Waals surface area contributed by atoms with Gasteiger partial charge in [0.2, 0.25) is 5.91 Å². The molecule has 0 fully saturated rings. The molecule has 0 bridgehead atoms. The van der Waals surface area contributed by atoms with Gasteiger partial charge in [-0.25, -0.2) is 0 Å². The van der Waals surface area contributed by atoms with E-state index in [4.69, 9.17) is 12.2 Å². The molecule has 6 heteroatoms. The van der Waals surface area contributed by atoms with Crippen LogP contribution in [0, 0.1) is 0 Å². The van der Waals surface area contributed by atoms with E-state index in [2.05, 4.69) is 10.6 Å². The first-order valence-corrected chi connectivity index (χ1v) is 13.1. The van der Waals surface area contributed by atoms with Gasteiger partial charge in [-0.1, -0.05) is 78.9 Å². The van der Waals surface area contributed by atoms with E-state index >= 15 is 0 Å². The maximum Gasteiger partial charge on any atom is 0.258 e. The highest BCUT2D eigenvalue weighted by atomic mass is 32.1. The topological polar surface area (TPSA) is 61.4 Å². The summed E-state index contributed by atoms with van der Waals surface area (Å²) in [5, 5.41) is 10.1. The van der Waals surface area contributed by atoms with Gasteiger partial charge in [-0.05, 0) is 77.3 Å². The number of anilines is 2. The van der Waals surface area contributed by atoms with Gasteiger partial charge in [0.1, 0.15) is 0 Å². The van der Waals surface area contributed by atoms with Crippen molar-refractivity contribution in [2.45, 2.75) is 6.92 Å². The lowest BCUT2D eigenvalue weighted by Gasteiger charge is -2.23. The number of amides is 2. The molecular formula is C33H27N3O2S. The van der Waals surface area contributed by atoms with E-state index in [1.54, 1.807) is 35.2 Å². The van der Waals surface area contributed by atoms with Crippen LogP contribution in [-0.4, -0.2) is 23.5 Å². The van der Waals surface area contributed by atoms with E-state index in [0.29, 0.717) is 17.8 Å². The average molecular weight is 530 g/mol. The number of benzene rings is 5. The van der Waals surface area contributed by atoms with Gasteiger partial charge in [0.15, 0.2) is 5.11 Å². The van der Waals surface area contributed by atoms with Crippen molar-refractivity contribution in [3.8, 4) is 0 Å². The molecule has 0 heterocycles. The first-order valence-electron chi connectivity index (χ1n) is 12.7. The summed E-state index contributed by atoms with van der Waals surface area (Å²) in [6, 6.07) is 35.0. The van der Waals surface area contributed by atoms with Crippen LogP contribution in [0.2, 0.25) is 0 Å². The third-order valence-electron chi connectivity index (χ3n) is 6.48. The number of thiocarbonyl (C=S) groups is 1. The van der Waals surface area contributed by atoms with Crippen molar-refractivity contribution in [3.63, 3.8) is 0 Å². The second-order valence-electron chi connectivity index (χ2n) is 8.97. The van der Waals surface area contributed by atoms with Gasteiger partial charge in [-0.15, -0.1) is 0 Å². The van der Waals surface area contributed by atoms with Crippen LogP contribution in [-0.2, 0) is 4.79 Å². The van der Waals surface area contributed by atoms with Gasteiger partial charge in [0.25, 0.3) is 5.91 Å². The number of nitrogens with zero attached hydrogens (tertiary/aromatic N) is 1. The Bertz CT molecular complexity index is 1700. The number of hydrogen-bond donors (Lipinski definition) is 2. The maximum atomic E-state index is 13.4. The normalized spacial score (nSPS) is 11.0. The lowest BCUT2D eigenvalue weighted by molar-refractivity contribution is -0.115. The number of hydrogen-bond acceptors (Lipinski definition) is 3. The van der Waals surface area contributed by atoms with Crippen molar-refractivity contribution < 1.29 is 9.59 Å². The number of carbonyl (C=O) groups excluding carboxylic acids is 2. The highest BCUT2D eigenvalue weighted by molar-refractivity contribution is 7.80. The van der Waals surface area contributed by atoms with Crippen LogP contribution in [0.25, 0.3) is 27.6 Å². The summed E-state index contributed by atoms with van der Waals surface area (Å²) in [5.41, 5.74) is 3.06. The summed E-state index contributed by atoms with van der Waals surface area (Å²) in [6.07, 6.45) is 3.24. The zero-order valence-electron chi connectivity index (χ0n) is 21.4. The molecule has 192 valence electrons. The molecule has 5 rings (SSSR count). The Morgan fingerprint density at radius 3 is 2.10 bits per heavy atom. The standard InChI is InChI=1S/C33H27N3O2S/c1-2-36(30-16-8-13-24-10-4-6-15-29(24)30)32(38)26-17-20-27(21-18-26)34-33(39)35-31(37)22-19-25-12-7-11-23-9-3-5-14-28(23)25/h3-22H,2H2,1H3,(H2,34,35,37,39)/b22-19+. The van der Waals surface area contributed by atoms with Crippen LogP contribution in [0.1, 0.15) is 22.8 Å². The number of fused-ring (bicyclic) bond motifs is 2. The fourth-order valence-corrected chi connectivity index (χ4v) is 4.81. The largest absolute Gasteiger partial charge is 0.332 e. The Labute approximate surface area is 232 Å². The number of carbonyl (C=O) groups is 2. The van der Waals surface area contributed by atoms with E-state index in [1.165, 1.54) is 6.08 Å². The third-order valence-corrected chi connectivity index (χ3v) is 6.69. The Morgan fingerprint density at radius 2 is 1.38 bits per heavy atom. The van der Waals surface area contributed by atoms with E-state index in [-0.39, 0.29) is 16.9 Å². The highest BCUT2D eigenvalue weighted by Crippen LogP contribution is 2.28. The molecule has 2 amide bonds. The second kappa shape index (κ2) is 11.7. The molecule has 5 aromatic rings. The molecule has 0 radical (unpaired) electrons. The predicted molar refractivity (Wildman–Crippen MR) is 165 cm³/mol. The van der Waals surface area contributed by atoms with E-state index in [1.807, 2.05) is 91.9 Å². The van der Waals surface area contributed by atoms with Gasteiger partial charge in [0, 0.05) is 29.3 Å². The van der Waals surface area contributed by atoms with Crippen LogP contribution in [0.5, 0.6) is 0 Å². The summed E-state index contributed by atoms with van der Waals surface area (Å²) in [6.45, 7) is 2.50. The van der Waals surface area contributed by atoms with Crippen LogP contribution in [0.15, 0.2) is 115 Å². The molecule has 0 saturated carbocycles. The highest BCUT2D eigenvalue weighted by Gasteiger charge is 2.18. The fraction of sp³-hybridized carbons (Fsp3) is 0.0606. The molecule has 0 spiro atoms. The van der Waals surface area contributed by atoms with Gasteiger partial charge >= 0.3 is 0 Å². The molecule has 5 aromatic carbocycles. The fourth-order valence-electron chi connectivity index (χ4n) is 4.60. The van der Waals surface area contributed by atoms with Crippen molar-refractivity contribution in [1.29, 1.82) is 0 Å². The van der Waals surface area contributed by atoms with Crippen molar-refractivity contribution in [3.05, 3.63) is 126 Å². The predicted octanol–water partition coefficient (Wildman–Crippen LogP) is 7.19. The monoisotopic (exact) mass is 529 g/mol. The minimum Gasteiger partial charge on any atom is -0.332 e. The van der Waals surface area contributed by atoms with Gasteiger partial charge in [-0.2, -0.15) is 0 Å². The van der Waals surface area contributed by atoms with E-state index in [0.717, 1.165) is 32.8 Å². The van der Waals surface area contributed by atoms with Crippen molar-refractivity contribution >= 4 is 68.1 Å². The lowest BCUT2D eigenvalue weighted by Crippen LogP contribution is -2.33. The van der Waals surface area contributed by atoms with E-state index < -0.39 is 0 Å². The van der Waals surface area contributed by atoms with Gasteiger partial charge < -0.3 is 10.2 Å². The van der Waals surface area contributed by atoms with Crippen molar-refractivity contribution in [2.75, 3.05) is 16.8 Å². The molecule has 0 saturated heterocycles. The summed E-state index contributed by atoms with van der Waals surface area (Å²) >= 11 is 5.32. The van der Waals surface area contributed by atoms with Crippen LogP contribution >= 0.6 is 12.2 Å². The third kappa shape index (κ3) is 5.87. The van der Waals surface area contributed by atoms with Crippen molar-refractivity contribution in [2.24, 2.45) is 0 Å². The molecule has 39 heavy (non-hydrogen) atoms. The summed E-state index contributed by atoms with van der Waals surface area (Å²) in [5.74, 6) is -0.421. The van der Waals surface area contributed by atoms with Crippen LogP contribution < -0.4 is 15.5 Å². The molecular weight excluding hydrogens is 502 g/mol. The summed E-state index contributed by atoms with van der Waals surface area (Å²) in [7, 11) is 0. The van der Waals surface area contributed by atoms with Crippen LogP contribution in [0.3, 0.4) is 0 Å². The lowest BCUT2D eigenvalue weighted by atomic mass is 10.0. The first kappa shape index (κ1) is 25.8. The Hall–Kier alpha value is -4.81. The summed E-state index contributed by atoms with van der Waals surface area (Å²) < 4.78 is 0. The molecule has 0 aliphatic rings. The second-order valence-corrected chi connectivity index (χ2v) is 9.38. The molecule has 0 aliphatic carbocycles. The maximum absolute atomic E-state index is 13.4. The molecule has 5 nitrogen and oxygen atoms in total. The Morgan fingerprint density at radius 1 is 0.769 bits per heavy atom. The molecule has 0 aromatic heterocycles. The quantitative estimate of drug-likeness (QED) is 0.181. The molecule has 2 N–H and O–H groups in total. The number of rotatable bonds is 6. The smallest absolute Gasteiger partial charge is 0.258 e. The van der Waals surface area contributed by atoms with Gasteiger partial charge in [-0.3, -0.25) is 14.9 Å². The molecule has 0 aliphatic heterocycles. The Kier molecular flexibility index (Phi) is 7.75. The molecule has 0 unspecified atom stereocenters. The van der Waals surface area contributed by atoms with Crippen molar-refractivity contribution in [1.82, 2.24) is 5.32 Å². The SMILES string of the molecule is CCN(C(=O)c1ccc(NC(=S)NC(=O)/C=C/c2cccc3ccccc23)cc1)c1cccc2ccccc12. The van der Waals surface area contributed by atoms with E-state index in [9.17, 15) is 9.59 Å². The first-order chi connectivity index (χ1) is 19.0. The minimum atomic E-state index is -0.332. The minimum absolute atomic E-state index is 0.0881. The van der Waals surface area contributed by atoms with Gasteiger partial charge in [0.05, 0.1) is 5.69 Å². The van der Waals surface area contributed by atoms with Crippen LogP contribution in [0.4, 0.5) is 11.4 Å². The zero-order chi connectivity index (χ0) is 27.2. The Balaban J connectivity index is 1.22. The summed E-state index contributed by atoms with van der Waals surface area (Å²) in [4.78, 5) is 27.6. The average Bonchev–Trinajstić information content (AvgIpc) is 2.97. The molecule has 0 atom stereocenters. The zero-order valence-corrected chi connectivity index (χ0v) is 22.2. The number of nitrogens with one attached hydrogen (secondary N) is 2.